The molecule has 1 aliphatic carbocycles. The number of aliphatic hydroxyl groups is 1. The molecule has 3 nitrogen and oxygen atoms in total. The summed E-state index contributed by atoms with van der Waals surface area (Å²) in [4.78, 5) is 0. The summed E-state index contributed by atoms with van der Waals surface area (Å²) in [5.74, 6) is 0.659. The van der Waals surface area contributed by atoms with Crippen molar-refractivity contribution >= 4 is 0 Å². The molecule has 18 heavy (non-hydrogen) atoms. The van der Waals surface area contributed by atoms with Crippen LogP contribution in [0.3, 0.4) is 0 Å². The van der Waals surface area contributed by atoms with Crippen LogP contribution in [-0.2, 0) is 4.74 Å². The van der Waals surface area contributed by atoms with Gasteiger partial charge in [-0.1, -0.05) is 19.8 Å². The van der Waals surface area contributed by atoms with Gasteiger partial charge in [-0.25, -0.2) is 0 Å². The molecule has 1 saturated heterocycles. The summed E-state index contributed by atoms with van der Waals surface area (Å²) >= 11 is 0. The van der Waals surface area contributed by atoms with Gasteiger partial charge in [-0.3, -0.25) is 0 Å². The number of nitrogens with one attached hydrogen (secondary N) is 1. The van der Waals surface area contributed by atoms with Gasteiger partial charge in [0.05, 0.1) is 17.3 Å². The van der Waals surface area contributed by atoms with E-state index in [9.17, 15) is 5.11 Å². The minimum absolute atomic E-state index is 0.0442. The fraction of sp³-hybridized carbons (Fsp3) is 1.00. The largest absolute Gasteiger partial charge is 0.389 e. The van der Waals surface area contributed by atoms with Crippen molar-refractivity contribution < 1.29 is 9.84 Å². The van der Waals surface area contributed by atoms with Gasteiger partial charge in [0.2, 0.25) is 0 Å². The first-order valence-electron chi connectivity index (χ1n) is 7.50. The lowest BCUT2D eigenvalue weighted by molar-refractivity contribution is -0.0282. The highest BCUT2D eigenvalue weighted by atomic mass is 16.5. The van der Waals surface area contributed by atoms with Gasteiger partial charge in [0, 0.05) is 13.1 Å². The lowest BCUT2D eigenvalue weighted by Gasteiger charge is -2.36. The van der Waals surface area contributed by atoms with Gasteiger partial charge in [-0.2, -0.15) is 0 Å². The summed E-state index contributed by atoms with van der Waals surface area (Å²) in [5, 5.41) is 13.9. The number of hydrogen-bond acceptors (Lipinski definition) is 3. The quantitative estimate of drug-likeness (QED) is 0.811. The maximum absolute atomic E-state index is 10.5. The minimum Gasteiger partial charge on any atom is -0.389 e. The van der Waals surface area contributed by atoms with E-state index in [1.54, 1.807) is 0 Å². The lowest BCUT2D eigenvalue weighted by atomic mass is 9.79. The molecule has 2 N–H and O–H groups in total. The molecule has 1 saturated carbocycles. The van der Waals surface area contributed by atoms with E-state index in [-0.39, 0.29) is 5.60 Å². The van der Waals surface area contributed by atoms with Crippen molar-refractivity contribution in [2.45, 2.75) is 76.6 Å². The summed E-state index contributed by atoms with van der Waals surface area (Å²) in [7, 11) is 0. The van der Waals surface area contributed by atoms with Crippen molar-refractivity contribution in [3.05, 3.63) is 0 Å². The third-order valence-corrected chi connectivity index (χ3v) is 4.45. The molecule has 0 aromatic carbocycles. The molecule has 0 aromatic heterocycles. The molecule has 2 rings (SSSR count). The van der Waals surface area contributed by atoms with Crippen LogP contribution in [0.25, 0.3) is 0 Å². The Kier molecular flexibility index (Phi) is 4.35. The molecule has 1 heterocycles. The van der Waals surface area contributed by atoms with Crippen LogP contribution >= 0.6 is 0 Å². The zero-order chi connectivity index (χ0) is 13.2. The Morgan fingerprint density at radius 3 is 2.67 bits per heavy atom. The van der Waals surface area contributed by atoms with Crippen LogP contribution in [0.5, 0.6) is 0 Å². The van der Waals surface area contributed by atoms with E-state index in [2.05, 4.69) is 26.1 Å². The van der Waals surface area contributed by atoms with Crippen molar-refractivity contribution in [3.8, 4) is 0 Å². The van der Waals surface area contributed by atoms with Crippen LogP contribution in [0.15, 0.2) is 0 Å². The van der Waals surface area contributed by atoms with Crippen molar-refractivity contribution in [2.24, 2.45) is 5.92 Å². The number of hydrogen-bond donors (Lipinski definition) is 2. The second kappa shape index (κ2) is 5.48. The summed E-state index contributed by atoms with van der Waals surface area (Å²) < 4.78 is 5.95. The summed E-state index contributed by atoms with van der Waals surface area (Å²) in [6.07, 6.45) is 6.91. The molecular formula is C15H29NO2. The molecule has 2 fully saturated rings. The average molecular weight is 255 g/mol. The molecular weight excluding hydrogens is 226 g/mol. The van der Waals surface area contributed by atoms with Crippen molar-refractivity contribution in [2.75, 3.05) is 13.1 Å². The predicted octanol–water partition coefficient (Wildman–Crippen LogP) is 2.47. The van der Waals surface area contributed by atoms with Gasteiger partial charge in [-0.15, -0.1) is 0 Å². The highest BCUT2D eigenvalue weighted by Crippen LogP contribution is 2.32. The van der Waals surface area contributed by atoms with Crippen molar-refractivity contribution in [1.82, 2.24) is 5.32 Å². The summed E-state index contributed by atoms with van der Waals surface area (Å²) in [5.41, 5.74) is -0.436. The Hall–Kier alpha value is -0.120. The van der Waals surface area contributed by atoms with Crippen molar-refractivity contribution in [1.29, 1.82) is 0 Å². The van der Waals surface area contributed by atoms with E-state index in [0.29, 0.717) is 12.0 Å². The molecule has 2 aliphatic rings. The monoisotopic (exact) mass is 255 g/mol. The van der Waals surface area contributed by atoms with Gasteiger partial charge in [0.15, 0.2) is 0 Å². The normalized spacial score (nSPS) is 40.0. The van der Waals surface area contributed by atoms with Crippen molar-refractivity contribution in [3.63, 3.8) is 0 Å². The van der Waals surface area contributed by atoms with Gasteiger partial charge >= 0.3 is 0 Å². The molecule has 0 amide bonds. The standard InChI is InChI=1S/C15H29NO2/c1-12-5-4-7-15(17,9-12)11-16-10-13-6-8-14(2,3)18-13/h12-13,16-17H,4-11H2,1-3H3. The third kappa shape index (κ3) is 3.94. The van der Waals surface area contributed by atoms with Crippen LogP contribution in [-0.4, -0.2) is 35.5 Å². The molecule has 0 spiro atoms. The first-order valence-corrected chi connectivity index (χ1v) is 7.50. The molecule has 3 atom stereocenters. The molecule has 3 unspecified atom stereocenters. The van der Waals surface area contributed by atoms with Gasteiger partial charge < -0.3 is 15.2 Å². The van der Waals surface area contributed by atoms with E-state index in [0.717, 1.165) is 45.2 Å². The second-order valence-electron chi connectivity index (χ2n) is 7.09. The van der Waals surface area contributed by atoms with Gasteiger partial charge in [0.1, 0.15) is 0 Å². The first kappa shape index (κ1) is 14.3. The van der Waals surface area contributed by atoms with E-state index >= 15 is 0 Å². The van der Waals surface area contributed by atoms with E-state index < -0.39 is 5.60 Å². The smallest absolute Gasteiger partial charge is 0.0774 e. The number of ether oxygens (including phenoxy) is 1. The zero-order valence-corrected chi connectivity index (χ0v) is 12.2. The lowest BCUT2D eigenvalue weighted by Crippen LogP contribution is -2.45. The highest BCUT2D eigenvalue weighted by Gasteiger charge is 2.34. The topological polar surface area (TPSA) is 41.5 Å². The summed E-state index contributed by atoms with van der Waals surface area (Å²) in [6, 6.07) is 0. The van der Waals surface area contributed by atoms with E-state index in [4.69, 9.17) is 4.74 Å². The Morgan fingerprint density at radius 1 is 1.28 bits per heavy atom. The Balaban J connectivity index is 1.69. The molecule has 106 valence electrons. The van der Waals surface area contributed by atoms with Crippen LogP contribution < -0.4 is 5.32 Å². The van der Waals surface area contributed by atoms with Gasteiger partial charge in [-0.05, 0) is 45.4 Å². The zero-order valence-electron chi connectivity index (χ0n) is 12.2. The number of rotatable bonds is 4. The molecule has 0 radical (unpaired) electrons. The fourth-order valence-electron chi connectivity index (χ4n) is 3.48. The van der Waals surface area contributed by atoms with Crippen LogP contribution in [0.1, 0.15) is 59.3 Å². The SMILES string of the molecule is CC1CCCC(O)(CNCC2CCC(C)(C)O2)C1. The predicted molar refractivity (Wildman–Crippen MR) is 73.6 cm³/mol. The fourth-order valence-corrected chi connectivity index (χ4v) is 3.48. The maximum Gasteiger partial charge on any atom is 0.0774 e. The maximum atomic E-state index is 10.5. The van der Waals surface area contributed by atoms with Crippen LogP contribution in [0.2, 0.25) is 0 Å². The minimum atomic E-state index is -0.480. The van der Waals surface area contributed by atoms with Gasteiger partial charge in [0.25, 0.3) is 0 Å². The first-order chi connectivity index (χ1) is 8.39. The third-order valence-electron chi connectivity index (χ3n) is 4.45. The van der Waals surface area contributed by atoms with Crippen LogP contribution in [0, 0.1) is 5.92 Å². The molecule has 3 heteroatoms. The summed E-state index contributed by atoms with van der Waals surface area (Å²) in [6.45, 7) is 8.15. The van der Waals surface area contributed by atoms with E-state index in [1.165, 1.54) is 6.42 Å². The Bertz CT molecular complexity index is 280. The molecule has 1 aliphatic heterocycles. The second-order valence-corrected chi connectivity index (χ2v) is 7.09. The highest BCUT2D eigenvalue weighted by molar-refractivity contribution is 4.88. The average Bonchev–Trinajstić information content (AvgIpc) is 2.57. The molecule has 0 aromatic rings. The van der Waals surface area contributed by atoms with E-state index in [1.807, 2.05) is 0 Å². The molecule has 0 bridgehead atoms. The Labute approximate surface area is 111 Å². The van der Waals surface area contributed by atoms with Crippen LogP contribution in [0.4, 0.5) is 0 Å². The Morgan fingerprint density at radius 2 is 2.06 bits per heavy atom.